The van der Waals surface area contributed by atoms with Gasteiger partial charge in [-0.2, -0.15) is 0 Å². The molecule has 4 aromatic rings. The van der Waals surface area contributed by atoms with Crippen molar-refractivity contribution in [2.24, 2.45) is 0 Å². The molecule has 1 atom stereocenters. The maximum absolute atomic E-state index is 15.1. The normalized spacial score (nSPS) is 12.1. The number of aryl methyl sites for hydroxylation is 1. The van der Waals surface area contributed by atoms with E-state index in [0.717, 1.165) is 11.8 Å². The summed E-state index contributed by atoms with van der Waals surface area (Å²) >= 11 is 5.97. The first-order valence-electron chi connectivity index (χ1n) is 11.6. The second kappa shape index (κ2) is 10.5. The predicted octanol–water partition coefficient (Wildman–Crippen LogP) is 5.11. The molecule has 2 aromatic carbocycles. The van der Waals surface area contributed by atoms with Crippen LogP contribution in [-0.2, 0) is 10.0 Å². The first-order valence-corrected chi connectivity index (χ1v) is 13.9. The first-order chi connectivity index (χ1) is 18.3. The second-order valence-electron chi connectivity index (χ2n) is 9.03. The number of halogens is 2. The highest BCUT2D eigenvalue weighted by Crippen LogP contribution is 2.34. The molecule has 1 amide bonds. The third-order valence-corrected chi connectivity index (χ3v) is 6.75. The SMILES string of the molecule is C#Cc1cccc(-c2oc3c([C@@H](C)Nc4ccc(Cl)nc4C(=O)NS(C)(=O)=O)cc(C)cc3c(=O)c2C)c1F. The molecule has 0 unspecified atom stereocenters. The second-order valence-corrected chi connectivity index (χ2v) is 11.2. The molecule has 2 aromatic heterocycles. The van der Waals surface area contributed by atoms with Crippen LogP contribution in [-0.4, -0.2) is 25.6 Å². The molecule has 0 saturated carbocycles. The summed E-state index contributed by atoms with van der Waals surface area (Å²) in [6.07, 6.45) is 6.26. The Morgan fingerprint density at radius 1 is 1.21 bits per heavy atom. The molecule has 2 heterocycles. The van der Waals surface area contributed by atoms with Gasteiger partial charge in [-0.05, 0) is 56.7 Å². The van der Waals surface area contributed by atoms with Crippen LogP contribution in [0.15, 0.2) is 51.7 Å². The summed E-state index contributed by atoms with van der Waals surface area (Å²) in [6.45, 7) is 5.11. The van der Waals surface area contributed by atoms with Crippen LogP contribution in [0.25, 0.3) is 22.3 Å². The summed E-state index contributed by atoms with van der Waals surface area (Å²) in [4.78, 5) is 30.0. The number of nitrogens with zero attached hydrogens (tertiary/aromatic N) is 1. The van der Waals surface area contributed by atoms with Crippen molar-refractivity contribution in [1.29, 1.82) is 0 Å². The van der Waals surface area contributed by atoms with Crippen LogP contribution in [0.3, 0.4) is 0 Å². The van der Waals surface area contributed by atoms with Gasteiger partial charge in [0.2, 0.25) is 10.0 Å². The zero-order valence-corrected chi connectivity index (χ0v) is 22.9. The largest absolute Gasteiger partial charge is 0.455 e. The number of pyridine rings is 1. The molecule has 39 heavy (non-hydrogen) atoms. The Hall–Kier alpha value is -4.20. The van der Waals surface area contributed by atoms with Gasteiger partial charge in [0.15, 0.2) is 11.1 Å². The molecule has 200 valence electrons. The summed E-state index contributed by atoms with van der Waals surface area (Å²) in [5, 5.41) is 3.39. The molecule has 0 aliphatic carbocycles. The first kappa shape index (κ1) is 27.8. The van der Waals surface area contributed by atoms with Gasteiger partial charge in [-0.25, -0.2) is 22.5 Å². The van der Waals surface area contributed by atoms with Gasteiger partial charge in [0.25, 0.3) is 5.91 Å². The maximum Gasteiger partial charge on any atom is 0.285 e. The Morgan fingerprint density at radius 3 is 2.59 bits per heavy atom. The van der Waals surface area contributed by atoms with Crippen LogP contribution < -0.4 is 15.5 Å². The number of fused-ring (bicyclic) bond motifs is 1. The number of hydrogen-bond acceptors (Lipinski definition) is 7. The Bertz CT molecular complexity index is 1860. The molecule has 0 bridgehead atoms. The van der Waals surface area contributed by atoms with Crippen molar-refractivity contribution in [2.75, 3.05) is 11.6 Å². The monoisotopic (exact) mass is 567 g/mol. The van der Waals surface area contributed by atoms with Crippen LogP contribution in [0.4, 0.5) is 10.1 Å². The number of carbonyl (C=O) groups excluding carboxylic acids is 1. The van der Waals surface area contributed by atoms with Crippen LogP contribution >= 0.6 is 11.6 Å². The molecule has 2 N–H and O–H groups in total. The zero-order valence-electron chi connectivity index (χ0n) is 21.3. The lowest BCUT2D eigenvalue weighted by Crippen LogP contribution is -2.31. The van der Waals surface area contributed by atoms with E-state index in [1.54, 1.807) is 32.0 Å². The average molecular weight is 568 g/mol. The number of amides is 1. The minimum atomic E-state index is -3.87. The molecule has 0 aliphatic rings. The average Bonchev–Trinajstić information content (AvgIpc) is 2.86. The summed E-state index contributed by atoms with van der Waals surface area (Å²) in [6, 6.07) is 10.3. The molecule has 0 fully saturated rings. The van der Waals surface area contributed by atoms with Crippen LogP contribution in [0, 0.1) is 32.0 Å². The van der Waals surface area contributed by atoms with Crippen molar-refractivity contribution in [3.05, 3.63) is 91.6 Å². The number of anilines is 1. The van der Waals surface area contributed by atoms with Crippen molar-refractivity contribution in [3.63, 3.8) is 0 Å². The third-order valence-electron chi connectivity index (χ3n) is 5.98. The highest BCUT2D eigenvalue weighted by atomic mass is 35.5. The van der Waals surface area contributed by atoms with Crippen LogP contribution in [0.1, 0.15) is 45.7 Å². The van der Waals surface area contributed by atoms with Gasteiger partial charge in [-0.1, -0.05) is 29.7 Å². The van der Waals surface area contributed by atoms with Crippen molar-refractivity contribution in [3.8, 4) is 23.7 Å². The van der Waals surface area contributed by atoms with Gasteiger partial charge >= 0.3 is 0 Å². The summed E-state index contributed by atoms with van der Waals surface area (Å²) in [5.74, 6) is 0.669. The van der Waals surface area contributed by atoms with Crippen molar-refractivity contribution in [2.45, 2.75) is 26.8 Å². The summed E-state index contributed by atoms with van der Waals surface area (Å²) < 4.78 is 46.4. The molecule has 4 rings (SSSR count). The highest BCUT2D eigenvalue weighted by molar-refractivity contribution is 7.89. The number of hydrogen-bond donors (Lipinski definition) is 2. The van der Waals surface area contributed by atoms with E-state index in [1.165, 1.54) is 24.3 Å². The molecule has 11 heteroatoms. The van der Waals surface area contributed by atoms with Gasteiger partial charge < -0.3 is 9.73 Å². The lowest BCUT2D eigenvalue weighted by molar-refractivity contribution is 0.0977. The van der Waals surface area contributed by atoms with E-state index < -0.39 is 27.8 Å². The Morgan fingerprint density at radius 2 is 1.92 bits per heavy atom. The quantitative estimate of drug-likeness (QED) is 0.245. The van der Waals surface area contributed by atoms with Crippen molar-refractivity contribution >= 4 is 44.2 Å². The van der Waals surface area contributed by atoms with Crippen molar-refractivity contribution in [1.82, 2.24) is 9.71 Å². The van der Waals surface area contributed by atoms with E-state index in [-0.39, 0.29) is 55.4 Å². The van der Waals surface area contributed by atoms with E-state index in [2.05, 4.69) is 16.2 Å². The van der Waals surface area contributed by atoms with Gasteiger partial charge in [-0.15, -0.1) is 6.42 Å². The van der Waals surface area contributed by atoms with Gasteiger partial charge in [0, 0.05) is 11.1 Å². The number of benzene rings is 2. The Labute approximate surface area is 229 Å². The minimum Gasteiger partial charge on any atom is -0.455 e. The molecular formula is C28H23ClFN3O5S. The Kier molecular flexibility index (Phi) is 7.50. The molecule has 8 nitrogen and oxygen atoms in total. The zero-order chi connectivity index (χ0) is 28.6. The smallest absolute Gasteiger partial charge is 0.285 e. The number of sulfonamides is 1. The molecular weight excluding hydrogens is 545 g/mol. The predicted molar refractivity (Wildman–Crippen MR) is 149 cm³/mol. The molecule has 0 spiro atoms. The number of rotatable bonds is 6. The number of nitrogens with one attached hydrogen (secondary N) is 2. The van der Waals surface area contributed by atoms with Gasteiger partial charge in [0.05, 0.1) is 34.5 Å². The topological polar surface area (TPSA) is 118 Å². The fraction of sp³-hybridized carbons (Fsp3) is 0.179. The highest BCUT2D eigenvalue weighted by Gasteiger charge is 2.23. The van der Waals surface area contributed by atoms with E-state index in [4.69, 9.17) is 22.4 Å². The summed E-state index contributed by atoms with van der Waals surface area (Å²) in [7, 11) is -3.87. The van der Waals surface area contributed by atoms with Crippen LogP contribution in [0.2, 0.25) is 5.15 Å². The number of terminal acetylenes is 1. The van der Waals surface area contributed by atoms with E-state index in [0.29, 0.717) is 5.56 Å². The van der Waals surface area contributed by atoms with Crippen molar-refractivity contribution < 1.29 is 22.0 Å². The van der Waals surface area contributed by atoms with Gasteiger partial charge in [0.1, 0.15) is 22.3 Å². The van der Waals surface area contributed by atoms with E-state index in [1.807, 2.05) is 11.6 Å². The maximum atomic E-state index is 15.1. The van der Waals surface area contributed by atoms with Crippen LogP contribution in [0.5, 0.6) is 0 Å². The van der Waals surface area contributed by atoms with E-state index >= 15 is 4.39 Å². The summed E-state index contributed by atoms with van der Waals surface area (Å²) in [5.41, 5.74) is 1.40. The van der Waals surface area contributed by atoms with E-state index in [9.17, 15) is 18.0 Å². The number of carbonyl (C=O) groups is 1. The fourth-order valence-corrected chi connectivity index (χ4v) is 4.80. The fourth-order valence-electron chi connectivity index (χ4n) is 4.22. The Balaban J connectivity index is 1.88. The molecule has 0 saturated heterocycles. The molecule has 0 aliphatic heterocycles. The van der Waals surface area contributed by atoms with Gasteiger partial charge in [-0.3, -0.25) is 9.59 Å². The lowest BCUT2D eigenvalue weighted by atomic mass is 9.98. The minimum absolute atomic E-state index is 0.0183. The number of aromatic nitrogens is 1. The lowest BCUT2D eigenvalue weighted by Gasteiger charge is -2.20. The third kappa shape index (κ3) is 5.65. The molecule has 0 radical (unpaired) electrons. The standard InChI is InChI=1S/C28H23ClFN3O5S/c1-6-17-8-7-9-18(23(17)30)26-15(3)25(34)20-13-14(2)12-19(27(20)38-26)16(4)31-21-10-11-22(29)32-24(21)28(35)33-39(5,36)37/h1,7-13,16,31H,2-5H3,(H,33,35)/t16-/m1/s1.